The maximum Gasteiger partial charge on any atom is 0.0624 e. The maximum absolute atomic E-state index is 9.79. The standard InChI is InChI=1S/C11H21NO2/c1-9-2-4-12(6-9)7-10-8-14-5-3-11(10)13/h9-11,13H,2-8H2,1H3. The first kappa shape index (κ1) is 10.4. The molecule has 0 aliphatic carbocycles. The molecule has 3 atom stereocenters. The van der Waals surface area contributed by atoms with Crippen molar-refractivity contribution < 1.29 is 9.84 Å². The molecule has 0 aromatic carbocycles. The molecule has 0 radical (unpaired) electrons. The fourth-order valence-corrected chi connectivity index (χ4v) is 2.48. The SMILES string of the molecule is CC1CCN(CC2COCCC2O)C1. The van der Waals surface area contributed by atoms with E-state index < -0.39 is 0 Å². The number of hydrogen-bond donors (Lipinski definition) is 1. The van der Waals surface area contributed by atoms with Gasteiger partial charge in [-0.3, -0.25) is 0 Å². The normalized spacial score (nSPS) is 40.3. The quantitative estimate of drug-likeness (QED) is 0.711. The Balaban J connectivity index is 1.78. The number of rotatable bonds is 2. The minimum absolute atomic E-state index is 0.139. The van der Waals surface area contributed by atoms with Crippen molar-refractivity contribution in [1.29, 1.82) is 0 Å². The first-order valence-electron chi connectivity index (χ1n) is 5.74. The van der Waals surface area contributed by atoms with Crippen molar-refractivity contribution in [1.82, 2.24) is 4.90 Å². The Morgan fingerprint density at radius 3 is 2.93 bits per heavy atom. The molecule has 14 heavy (non-hydrogen) atoms. The van der Waals surface area contributed by atoms with E-state index in [9.17, 15) is 5.11 Å². The second-order valence-corrected chi connectivity index (χ2v) is 4.84. The van der Waals surface area contributed by atoms with Gasteiger partial charge in [-0.1, -0.05) is 6.92 Å². The lowest BCUT2D eigenvalue weighted by atomic mass is 9.98. The highest BCUT2D eigenvalue weighted by Gasteiger charge is 2.28. The molecule has 2 saturated heterocycles. The minimum atomic E-state index is -0.139. The smallest absolute Gasteiger partial charge is 0.0624 e. The van der Waals surface area contributed by atoms with Crippen molar-refractivity contribution in [2.45, 2.75) is 25.9 Å². The zero-order chi connectivity index (χ0) is 9.97. The van der Waals surface area contributed by atoms with Gasteiger partial charge < -0.3 is 14.7 Å². The Morgan fingerprint density at radius 2 is 2.29 bits per heavy atom. The highest BCUT2D eigenvalue weighted by molar-refractivity contribution is 4.80. The Morgan fingerprint density at radius 1 is 1.43 bits per heavy atom. The van der Waals surface area contributed by atoms with Crippen molar-refractivity contribution in [2.24, 2.45) is 11.8 Å². The van der Waals surface area contributed by atoms with E-state index in [4.69, 9.17) is 4.74 Å². The van der Waals surface area contributed by atoms with Gasteiger partial charge in [-0.05, 0) is 25.3 Å². The molecule has 0 bridgehead atoms. The lowest BCUT2D eigenvalue weighted by Gasteiger charge is -2.31. The highest BCUT2D eigenvalue weighted by Crippen LogP contribution is 2.20. The molecule has 3 unspecified atom stereocenters. The molecule has 0 spiro atoms. The van der Waals surface area contributed by atoms with E-state index in [0.717, 1.165) is 32.1 Å². The third kappa shape index (κ3) is 2.47. The van der Waals surface area contributed by atoms with Gasteiger partial charge in [0.15, 0.2) is 0 Å². The number of aliphatic hydroxyl groups excluding tert-OH is 1. The van der Waals surface area contributed by atoms with Crippen molar-refractivity contribution in [3.05, 3.63) is 0 Å². The first-order chi connectivity index (χ1) is 6.75. The highest BCUT2D eigenvalue weighted by atomic mass is 16.5. The number of likely N-dealkylation sites (tertiary alicyclic amines) is 1. The van der Waals surface area contributed by atoms with Gasteiger partial charge in [-0.15, -0.1) is 0 Å². The van der Waals surface area contributed by atoms with E-state index in [1.807, 2.05) is 0 Å². The van der Waals surface area contributed by atoms with Gasteiger partial charge in [-0.25, -0.2) is 0 Å². The molecule has 2 aliphatic heterocycles. The first-order valence-corrected chi connectivity index (χ1v) is 5.74. The van der Waals surface area contributed by atoms with Crippen LogP contribution in [-0.2, 0) is 4.74 Å². The summed E-state index contributed by atoms with van der Waals surface area (Å²) >= 11 is 0. The molecule has 0 aromatic rings. The predicted molar refractivity (Wildman–Crippen MR) is 55.2 cm³/mol. The van der Waals surface area contributed by atoms with Crippen LogP contribution in [0.1, 0.15) is 19.8 Å². The monoisotopic (exact) mass is 199 g/mol. The van der Waals surface area contributed by atoms with E-state index in [2.05, 4.69) is 11.8 Å². The summed E-state index contributed by atoms with van der Waals surface area (Å²) in [7, 11) is 0. The number of nitrogens with zero attached hydrogens (tertiary/aromatic N) is 1. The van der Waals surface area contributed by atoms with Crippen molar-refractivity contribution in [2.75, 3.05) is 32.8 Å². The van der Waals surface area contributed by atoms with Crippen molar-refractivity contribution >= 4 is 0 Å². The molecule has 0 amide bonds. The molecule has 3 nitrogen and oxygen atoms in total. The molecule has 2 rings (SSSR count). The Hall–Kier alpha value is -0.120. The molecule has 82 valence electrons. The Labute approximate surface area is 86.0 Å². The van der Waals surface area contributed by atoms with Crippen LogP contribution >= 0.6 is 0 Å². The topological polar surface area (TPSA) is 32.7 Å². The molecule has 0 saturated carbocycles. The summed E-state index contributed by atoms with van der Waals surface area (Å²) in [5, 5.41) is 9.79. The summed E-state index contributed by atoms with van der Waals surface area (Å²) < 4.78 is 5.40. The summed E-state index contributed by atoms with van der Waals surface area (Å²) in [5.41, 5.74) is 0. The molecule has 2 fully saturated rings. The molecular weight excluding hydrogens is 178 g/mol. The fourth-order valence-electron chi connectivity index (χ4n) is 2.48. The Kier molecular flexibility index (Phi) is 3.42. The van der Waals surface area contributed by atoms with Crippen LogP contribution in [-0.4, -0.2) is 49.0 Å². The van der Waals surface area contributed by atoms with E-state index in [1.165, 1.54) is 19.5 Å². The average Bonchev–Trinajstić information content (AvgIpc) is 2.56. The van der Waals surface area contributed by atoms with Crippen LogP contribution in [0.15, 0.2) is 0 Å². The van der Waals surface area contributed by atoms with Gasteiger partial charge in [0.05, 0.1) is 12.7 Å². The molecule has 1 N–H and O–H groups in total. The van der Waals surface area contributed by atoms with Crippen LogP contribution in [0.25, 0.3) is 0 Å². The zero-order valence-corrected chi connectivity index (χ0v) is 8.98. The number of ether oxygens (including phenoxy) is 1. The lowest BCUT2D eigenvalue weighted by molar-refractivity contribution is -0.0449. The molecule has 3 heteroatoms. The van der Waals surface area contributed by atoms with Crippen molar-refractivity contribution in [3.63, 3.8) is 0 Å². The molecule has 0 aromatic heterocycles. The van der Waals surface area contributed by atoms with Gasteiger partial charge in [0, 0.05) is 25.6 Å². The van der Waals surface area contributed by atoms with Gasteiger partial charge in [0.1, 0.15) is 0 Å². The second kappa shape index (κ2) is 4.60. The van der Waals surface area contributed by atoms with E-state index in [-0.39, 0.29) is 6.10 Å². The third-order valence-corrected chi connectivity index (χ3v) is 3.43. The van der Waals surface area contributed by atoms with Crippen LogP contribution in [0.5, 0.6) is 0 Å². The fraction of sp³-hybridized carbons (Fsp3) is 1.00. The summed E-state index contributed by atoms with van der Waals surface area (Å²) in [6, 6.07) is 0. The maximum atomic E-state index is 9.79. The number of aliphatic hydroxyl groups is 1. The largest absolute Gasteiger partial charge is 0.393 e. The van der Waals surface area contributed by atoms with E-state index in [1.54, 1.807) is 0 Å². The summed E-state index contributed by atoms with van der Waals surface area (Å²) in [6.07, 6.45) is 1.98. The van der Waals surface area contributed by atoms with Crippen LogP contribution in [0.3, 0.4) is 0 Å². The third-order valence-electron chi connectivity index (χ3n) is 3.43. The van der Waals surface area contributed by atoms with Crippen LogP contribution in [0.4, 0.5) is 0 Å². The summed E-state index contributed by atoms with van der Waals surface area (Å²) in [5.74, 6) is 1.17. The van der Waals surface area contributed by atoms with E-state index in [0.29, 0.717) is 5.92 Å². The van der Waals surface area contributed by atoms with Crippen LogP contribution in [0, 0.1) is 11.8 Å². The van der Waals surface area contributed by atoms with Crippen molar-refractivity contribution in [3.8, 4) is 0 Å². The van der Waals surface area contributed by atoms with Gasteiger partial charge in [0.2, 0.25) is 0 Å². The molecule has 2 aliphatic rings. The molecular formula is C11H21NO2. The average molecular weight is 199 g/mol. The van der Waals surface area contributed by atoms with Gasteiger partial charge >= 0.3 is 0 Å². The van der Waals surface area contributed by atoms with Gasteiger partial charge in [0.25, 0.3) is 0 Å². The van der Waals surface area contributed by atoms with E-state index >= 15 is 0 Å². The second-order valence-electron chi connectivity index (χ2n) is 4.84. The number of hydrogen-bond acceptors (Lipinski definition) is 3. The van der Waals surface area contributed by atoms with Crippen LogP contribution < -0.4 is 0 Å². The summed E-state index contributed by atoms with van der Waals surface area (Å²) in [6.45, 7) is 7.19. The summed E-state index contributed by atoms with van der Waals surface area (Å²) in [4.78, 5) is 2.47. The zero-order valence-electron chi connectivity index (χ0n) is 8.98. The van der Waals surface area contributed by atoms with Gasteiger partial charge in [-0.2, -0.15) is 0 Å². The molecule has 2 heterocycles. The van der Waals surface area contributed by atoms with Crippen LogP contribution in [0.2, 0.25) is 0 Å². The lowest BCUT2D eigenvalue weighted by Crippen LogP contribution is -2.40. The minimum Gasteiger partial charge on any atom is -0.393 e. The predicted octanol–water partition coefficient (Wildman–Crippen LogP) is 0.726. The Bertz CT molecular complexity index is 186.